The van der Waals surface area contributed by atoms with Crippen molar-refractivity contribution >= 4 is 17.4 Å². The van der Waals surface area contributed by atoms with Gasteiger partial charge in [0.25, 0.3) is 0 Å². The molecule has 2 heterocycles. The van der Waals surface area contributed by atoms with Gasteiger partial charge in [0, 0.05) is 55.0 Å². The van der Waals surface area contributed by atoms with Crippen LogP contribution >= 0.6 is 0 Å². The monoisotopic (exact) mass is 499 g/mol. The summed E-state index contributed by atoms with van der Waals surface area (Å²) in [7, 11) is 3.97. The number of fused-ring (bicyclic) bond motifs is 1. The maximum atomic E-state index is 13.1. The summed E-state index contributed by atoms with van der Waals surface area (Å²) in [6, 6.07) is 13.0. The van der Waals surface area contributed by atoms with E-state index in [4.69, 9.17) is 4.74 Å². The molecule has 0 aliphatic carbocycles. The molecule has 3 aromatic rings. The summed E-state index contributed by atoms with van der Waals surface area (Å²) < 4.78 is 6.46. The molecule has 5 nitrogen and oxygen atoms in total. The van der Waals surface area contributed by atoms with Crippen LogP contribution in [0.1, 0.15) is 80.7 Å². The van der Waals surface area contributed by atoms with Gasteiger partial charge in [0.15, 0.2) is 0 Å². The van der Waals surface area contributed by atoms with Crippen LogP contribution in [0.5, 0.6) is 5.75 Å². The number of pyridine rings is 1. The van der Waals surface area contributed by atoms with Gasteiger partial charge in [0.05, 0.1) is 6.61 Å². The Kier molecular flexibility index (Phi) is 7.36. The Bertz CT molecular complexity index is 1280. The van der Waals surface area contributed by atoms with Crippen molar-refractivity contribution < 1.29 is 9.53 Å². The van der Waals surface area contributed by atoms with Crippen LogP contribution in [0.25, 0.3) is 11.1 Å². The molecule has 4 rings (SSSR count). The smallest absolute Gasteiger partial charge is 0.224 e. The number of nitrogens with one attached hydrogen (secondary N) is 1. The zero-order chi connectivity index (χ0) is 27.1. The van der Waals surface area contributed by atoms with Crippen LogP contribution < -0.4 is 15.0 Å². The summed E-state index contributed by atoms with van der Waals surface area (Å²) in [5.41, 5.74) is 8.57. The van der Waals surface area contributed by atoms with E-state index < -0.39 is 0 Å². The number of hydrogen-bond acceptors (Lipinski definition) is 4. The maximum absolute atomic E-state index is 13.1. The highest BCUT2D eigenvalue weighted by Gasteiger charge is 2.34. The van der Waals surface area contributed by atoms with Crippen molar-refractivity contribution in [1.82, 2.24) is 4.98 Å². The second-order valence-corrected chi connectivity index (χ2v) is 12.0. The summed E-state index contributed by atoms with van der Waals surface area (Å²) in [5.74, 6) is 2.42. The lowest BCUT2D eigenvalue weighted by Crippen LogP contribution is -2.21. The number of rotatable bonds is 6. The van der Waals surface area contributed by atoms with E-state index >= 15 is 0 Å². The molecule has 196 valence electrons. The van der Waals surface area contributed by atoms with Crippen LogP contribution in [-0.4, -0.2) is 31.6 Å². The fraction of sp³-hybridized carbons (Fsp3) is 0.438. The largest absolute Gasteiger partial charge is 0.492 e. The van der Waals surface area contributed by atoms with E-state index in [0.29, 0.717) is 18.9 Å². The zero-order valence-corrected chi connectivity index (χ0v) is 23.8. The molecular formula is C32H41N3O2. The lowest BCUT2D eigenvalue weighted by molar-refractivity contribution is -0.117. The van der Waals surface area contributed by atoms with E-state index in [-0.39, 0.29) is 17.2 Å². The first-order chi connectivity index (χ1) is 17.4. The number of carbonyl (C=O) groups is 1. The SMILES string of the molecule is Cc1c(NC(=O)CC(C)(C)C)c(C)c2c(c1-c1ccc(N(C)C)nc1)OCC2c1ccc(C(C)C)cc1. The van der Waals surface area contributed by atoms with Gasteiger partial charge < -0.3 is 15.0 Å². The number of hydrogen-bond donors (Lipinski definition) is 1. The van der Waals surface area contributed by atoms with E-state index in [1.54, 1.807) is 0 Å². The van der Waals surface area contributed by atoms with Crippen molar-refractivity contribution in [1.29, 1.82) is 0 Å². The van der Waals surface area contributed by atoms with Crippen LogP contribution in [0.3, 0.4) is 0 Å². The number of ether oxygens (including phenoxy) is 1. The summed E-state index contributed by atoms with van der Waals surface area (Å²) in [5, 5.41) is 3.28. The predicted octanol–water partition coefficient (Wildman–Crippen LogP) is 7.45. The molecule has 1 N–H and O–H groups in total. The van der Waals surface area contributed by atoms with Gasteiger partial charge in [-0.1, -0.05) is 58.9 Å². The third-order valence-electron chi connectivity index (χ3n) is 7.20. The number of benzene rings is 2. The molecule has 0 saturated heterocycles. The first-order valence-electron chi connectivity index (χ1n) is 13.2. The lowest BCUT2D eigenvalue weighted by atomic mass is 9.84. The maximum Gasteiger partial charge on any atom is 0.224 e. The number of aromatic nitrogens is 1. The van der Waals surface area contributed by atoms with Crippen LogP contribution in [-0.2, 0) is 4.79 Å². The fourth-order valence-corrected chi connectivity index (χ4v) is 5.21. The second kappa shape index (κ2) is 10.2. The average Bonchev–Trinajstić information content (AvgIpc) is 3.26. The summed E-state index contributed by atoms with van der Waals surface area (Å²) in [6.45, 7) is 15.4. The van der Waals surface area contributed by atoms with Crippen molar-refractivity contribution in [3.8, 4) is 16.9 Å². The van der Waals surface area contributed by atoms with Crippen LogP contribution in [0.2, 0.25) is 0 Å². The molecule has 1 aromatic heterocycles. The summed E-state index contributed by atoms with van der Waals surface area (Å²) in [6.07, 6.45) is 2.36. The molecule has 1 amide bonds. The van der Waals surface area contributed by atoms with Crippen molar-refractivity contribution in [3.63, 3.8) is 0 Å². The Morgan fingerprint density at radius 2 is 1.76 bits per heavy atom. The van der Waals surface area contributed by atoms with Gasteiger partial charge in [0.1, 0.15) is 11.6 Å². The third-order valence-corrected chi connectivity index (χ3v) is 7.20. The minimum Gasteiger partial charge on any atom is -0.492 e. The topological polar surface area (TPSA) is 54.5 Å². The van der Waals surface area contributed by atoms with Gasteiger partial charge in [-0.2, -0.15) is 0 Å². The Hall–Kier alpha value is -3.34. The van der Waals surface area contributed by atoms with Crippen molar-refractivity contribution in [2.75, 3.05) is 30.9 Å². The van der Waals surface area contributed by atoms with Gasteiger partial charge in [-0.05, 0) is 59.6 Å². The van der Waals surface area contributed by atoms with Crippen LogP contribution in [0.4, 0.5) is 11.5 Å². The third kappa shape index (κ3) is 5.51. The molecule has 0 radical (unpaired) electrons. The molecule has 0 bridgehead atoms. The van der Waals surface area contributed by atoms with Crippen molar-refractivity contribution in [3.05, 3.63) is 70.4 Å². The Morgan fingerprint density at radius 1 is 1.08 bits per heavy atom. The first-order valence-corrected chi connectivity index (χ1v) is 13.2. The standard InChI is InChI=1S/C32H41N3O2/c1-19(2)22-10-12-23(13-11-22)25-18-37-31-28(24-14-15-26(33-17-24)35(8)9)20(3)30(21(4)29(25)31)34-27(36)16-32(5,6)7/h10-15,17,19,25H,16,18H2,1-9H3,(H,34,36). The van der Waals surface area contributed by atoms with Crippen molar-refractivity contribution in [2.24, 2.45) is 5.41 Å². The Labute approximate surface area is 222 Å². The highest BCUT2D eigenvalue weighted by Crippen LogP contribution is 2.51. The van der Waals surface area contributed by atoms with E-state index in [0.717, 1.165) is 45.1 Å². The number of carbonyl (C=O) groups excluding carboxylic acids is 1. The second-order valence-electron chi connectivity index (χ2n) is 12.0. The summed E-state index contributed by atoms with van der Waals surface area (Å²) >= 11 is 0. The Morgan fingerprint density at radius 3 is 2.30 bits per heavy atom. The zero-order valence-electron chi connectivity index (χ0n) is 23.8. The number of amides is 1. The van der Waals surface area contributed by atoms with E-state index in [1.165, 1.54) is 11.1 Å². The molecule has 2 aromatic carbocycles. The lowest BCUT2D eigenvalue weighted by Gasteiger charge is -2.23. The molecule has 0 fully saturated rings. The minimum absolute atomic E-state index is 0.0300. The molecular weight excluding hydrogens is 458 g/mol. The number of anilines is 2. The molecule has 5 heteroatoms. The van der Waals surface area contributed by atoms with E-state index in [2.05, 4.69) is 89.1 Å². The average molecular weight is 500 g/mol. The molecule has 1 atom stereocenters. The van der Waals surface area contributed by atoms with Gasteiger partial charge >= 0.3 is 0 Å². The normalized spacial score (nSPS) is 14.9. The first kappa shape index (κ1) is 26.7. The van der Waals surface area contributed by atoms with Gasteiger partial charge in [0.2, 0.25) is 5.91 Å². The molecule has 1 unspecified atom stereocenters. The molecule has 1 aliphatic heterocycles. The quantitative estimate of drug-likeness (QED) is 0.383. The Balaban J connectivity index is 1.87. The molecule has 37 heavy (non-hydrogen) atoms. The highest BCUT2D eigenvalue weighted by molar-refractivity contribution is 5.96. The highest BCUT2D eigenvalue weighted by atomic mass is 16.5. The molecule has 0 saturated carbocycles. The molecule has 1 aliphatic rings. The fourth-order valence-electron chi connectivity index (χ4n) is 5.21. The van der Waals surface area contributed by atoms with Gasteiger partial charge in [-0.3, -0.25) is 4.79 Å². The van der Waals surface area contributed by atoms with Gasteiger partial charge in [-0.25, -0.2) is 4.98 Å². The predicted molar refractivity (Wildman–Crippen MR) is 154 cm³/mol. The minimum atomic E-state index is -0.0960. The van der Waals surface area contributed by atoms with Crippen molar-refractivity contribution in [2.45, 2.75) is 66.7 Å². The van der Waals surface area contributed by atoms with Crippen LogP contribution in [0.15, 0.2) is 42.6 Å². The van der Waals surface area contributed by atoms with Gasteiger partial charge in [-0.15, -0.1) is 0 Å². The van der Waals surface area contributed by atoms with Crippen LogP contribution in [0, 0.1) is 19.3 Å². The van der Waals surface area contributed by atoms with E-state index in [1.807, 2.05) is 31.3 Å². The van der Waals surface area contributed by atoms with E-state index in [9.17, 15) is 4.79 Å². The molecule has 0 spiro atoms. The number of nitrogens with zero attached hydrogens (tertiary/aromatic N) is 2. The summed E-state index contributed by atoms with van der Waals surface area (Å²) in [4.78, 5) is 19.7.